The number of benzene rings is 3. The number of carbonyl (C=O) groups is 1. The molecule has 1 heterocycles. The van der Waals surface area contributed by atoms with E-state index in [0.717, 1.165) is 52.8 Å². The maximum absolute atomic E-state index is 13.9. The molecule has 4 aromatic rings. The molecule has 0 spiro atoms. The molecule has 1 atom stereocenters. The van der Waals surface area contributed by atoms with E-state index < -0.39 is 0 Å². The van der Waals surface area contributed by atoms with Crippen LogP contribution >= 0.6 is 11.6 Å². The summed E-state index contributed by atoms with van der Waals surface area (Å²) in [5.74, 6) is 0.358. The van der Waals surface area contributed by atoms with Gasteiger partial charge in [0.1, 0.15) is 0 Å². The molecule has 1 saturated carbocycles. The third-order valence-electron chi connectivity index (χ3n) is 6.79. The van der Waals surface area contributed by atoms with E-state index in [2.05, 4.69) is 12.1 Å². The highest BCUT2D eigenvalue weighted by Gasteiger charge is 2.41. The van der Waals surface area contributed by atoms with E-state index in [1.165, 1.54) is 0 Å². The van der Waals surface area contributed by atoms with Crippen molar-refractivity contribution in [2.45, 2.75) is 38.6 Å². The summed E-state index contributed by atoms with van der Waals surface area (Å²) >= 11 is 6.32. The van der Waals surface area contributed by atoms with Gasteiger partial charge >= 0.3 is 0 Å². The molecular formula is C30H31ClN4O. The molecule has 2 N–H and O–H groups in total. The van der Waals surface area contributed by atoms with Crippen LogP contribution in [0.5, 0.6) is 0 Å². The Morgan fingerprint density at radius 1 is 1.03 bits per heavy atom. The first-order valence-corrected chi connectivity index (χ1v) is 13.0. The second-order valence-corrected chi connectivity index (χ2v) is 10.1. The van der Waals surface area contributed by atoms with E-state index >= 15 is 0 Å². The lowest BCUT2D eigenvalue weighted by Gasteiger charge is -2.33. The van der Waals surface area contributed by atoms with Crippen LogP contribution in [0.4, 0.5) is 0 Å². The van der Waals surface area contributed by atoms with Crippen LogP contribution in [-0.4, -0.2) is 33.9 Å². The van der Waals surface area contributed by atoms with Gasteiger partial charge in [0.25, 0.3) is 5.91 Å². The number of hydrogen-bond acceptors (Lipinski definition) is 4. The number of rotatable bonds is 9. The van der Waals surface area contributed by atoms with E-state index in [0.29, 0.717) is 36.0 Å². The van der Waals surface area contributed by atoms with Gasteiger partial charge in [0.05, 0.1) is 28.5 Å². The van der Waals surface area contributed by atoms with Gasteiger partial charge in [-0.1, -0.05) is 59.6 Å². The minimum Gasteiger partial charge on any atom is -0.330 e. The Morgan fingerprint density at radius 2 is 1.78 bits per heavy atom. The second kappa shape index (κ2) is 10.8. The van der Waals surface area contributed by atoms with Gasteiger partial charge in [-0.15, -0.1) is 0 Å². The molecule has 0 radical (unpaired) electrons. The molecule has 5 rings (SSSR count). The second-order valence-electron chi connectivity index (χ2n) is 9.64. The Kier molecular flexibility index (Phi) is 7.30. The number of nitrogens with zero attached hydrogens (tertiary/aromatic N) is 3. The molecular weight excluding hydrogens is 468 g/mol. The van der Waals surface area contributed by atoms with Gasteiger partial charge in [-0.3, -0.25) is 4.79 Å². The van der Waals surface area contributed by atoms with Gasteiger partial charge in [0, 0.05) is 23.6 Å². The van der Waals surface area contributed by atoms with Crippen molar-refractivity contribution in [1.82, 2.24) is 14.9 Å². The zero-order valence-electron chi connectivity index (χ0n) is 20.5. The van der Waals surface area contributed by atoms with Crippen molar-refractivity contribution in [3.63, 3.8) is 0 Å². The molecule has 1 fully saturated rings. The first kappa shape index (κ1) is 24.4. The van der Waals surface area contributed by atoms with Crippen molar-refractivity contribution >= 4 is 28.5 Å². The Bertz CT molecular complexity index is 1350. The van der Waals surface area contributed by atoms with Gasteiger partial charge in [-0.25, -0.2) is 9.97 Å². The third kappa shape index (κ3) is 5.43. The molecule has 36 heavy (non-hydrogen) atoms. The summed E-state index contributed by atoms with van der Waals surface area (Å²) in [6, 6.07) is 23.5. The van der Waals surface area contributed by atoms with E-state index in [-0.39, 0.29) is 11.9 Å². The molecule has 1 aliphatic carbocycles. The summed E-state index contributed by atoms with van der Waals surface area (Å²) in [4.78, 5) is 26.1. The molecule has 1 unspecified atom stereocenters. The molecule has 0 saturated heterocycles. The first-order valence-electron chi connectivity index (χ1n) is 12.6. The number of carbonyl (C=O) groups excluding carboxylic acids is 1. The van der Waals surface area contributed by atoms with E-state index in [9.17, 15) is 4.79 Å². The molecule has 0 aliphatic heterocycles. The summed E-state index contributed by atoms with van der Waals surface area (Å²) < 4.78 is 0. The van der Waals surface area contributed by atoms with E-state index in [4.69, 9.17) is 27.3 Å². The van der Waals surface area contributed by atoms with Crippen LogP contribution < -0.4 is 5.73 Å². The van der Waals surface area contributed by atoms with Gasteiger partial charge < -0.3 is 10.6 Å². The van der Waals surface area contributed by atoms with Crippen molar-refractivity contribution in [2.75, 3.05) is 13.1 Å². The highest BCUT2D eigenvalue weighted by Crippen LogP contribution is 2.46. The fourth-order valence-electron chi connectivity index (χ4n) is 4.76. The molecule has 6 heteroatoms. The minimum absolute atomic E-state index is 0.0130. The SMILES string of the molecule is Cc1ccc(C(=O)N(CCCN)C(c2nc3cc(Cl)ccc3nc2Cc2ccccc2)C2CC2)cc1. The number of nitrogens with two attached hydrogens (primary N) is 1. The monoisotopic (exact) mass is 498 g/mol. The summed E-state index contributed by atoms with van der Waals surface area (Å²) in [6.07, 6.45) is 3.49. The molecule has 1 amide bonds. The number of hydrogen-bond donors (Lipinski definition) is 1. The lowest BCUT2D eigenvalue weighted by Crippen LogP contribution is -2.38. The highest BCUT2D eigenvalue weighted by atomic mass is 35.5. The van der Waals surface area contributed by atoms with Crippen molar-refractivity contribution in [2.24, 2.45) is 11.7 Å². The van der Waals surface area contributed by atoms with Crippen LogP contribution in [-0.2, 0) is 6.42 Å². The first-order chi connectivity index (χ1) is 17.5. The summed E-state index contributed by atoms with van der Waals surface area (Å²) in [5.41, 5.74) is 12.2. The minimum atomic E-state index is -0.167. The number of fused-ring (bicyclic) bond motifs is 1. The van der Waals surface area contributed by atoms with Crippen molar-refractivity contribution < 1.29 is 4.79 Å². The van der Waals surface area contributed by atoms with Crippen molar-refractivity contribution in [3.8, 4) is 0 Å². The molecule has 0 bridgehead atoms. The zero-order chi connectivity index (χ0) is 25.1. The lowest BCUT2D eigenvalue weighted by atomic mass is 9.98. The van der Waals surface area contributed by atoms with Gasteiger partial charge in [-0.05, 0) is 74.5 Å². The smallest absolute Gasteiger partial charge is 0.254 e. The molecule has 184 valence electrons. The fourth-order valence-corrected chi connectivity index (χ4v) is 4.93. The van der Waals surface area contributed by atoms with Gasteiger partial charge in [0.2, 0.25) is 0 Å². The summed E-state index contributed by atoms with van der Waals surface area (Å²) in [5, 5.41) is 0.622. The summed E-state index contributed by atoms with van der Waals surface area (Å²) in [6.45, 7) is 3.12. The Balaban J connectivity index is 1.63. The predicted molar refractivity (Wildman–Crippen MR) is 145 cm³/mol. The number of amides is 1. The topological polar surface area (TPSA) is 72.1 Å². The maximum Gasteiger partial charge on any atom is 0.254 e. The average molecular weight is 499 g/mol. The van der Waals surface area contributed by atoms with Crippen LogP contribution in [0, 0.1) is 12.8 Å². The van der Waals surface area contributed by atoms with E-state index in [1.807, 2.05) is 72.5 Å². The highest BCUT2D eigenvalue weighted by molar-refractivity contribution is 6.31. The van der Waals surface area contributed by atoms with Crippen LogP contribution in [0.25, 0.3) is 11.0 Å². The Hall–Kier alpha value is -3.28. The third-order valence-corrected chi connectivity index (χ3v) is 7.03. The van der Waals surface area contributed by atoms with Crippen LogP contribution in [0.2, 0.25) is 5.02 Å². The van der Waals surface area contributed by atoms with Crippen LogP contribution in [0.15, 0.2) is 72.8 Å². The normalized spacial score (nSPS) is 14.1. The Morgan fingerprint density at radius 3 is 2.47 bits per heavy atom. The maximum atomic E-state index is 13.9. The quantitative estimate of drug-likeness (QED) is 0.301. The van der Waals surface area contributed by atoms with Crippen LogP contribution in [0.1, 0.15) is 58.2 Å². The number of aryl methyl sites for hydroxylation is 1. The Labute approximate surface area is 217 Å². The van der Waals surface area contributed by atoms with Gasteiger partial charge in [-0.2, -0.15) is 0 Å². The molecule has 5 nitrogen and oxygen atoms in total. The molecule has 3 aromatic carbocycles. The van der Waals surface area contributed by atoms with Gasteiger partial charge in [0.15, 0.2) is 0 Å². The summed E-state index contributed by atoms with van der Waals surface area (Å²) in [7, 11) is 0. The van der Waals surface area contributed by atoms with E-state index in [1.54, 1.807) is 0 Å². The largest absolute Gasteiger partial charge is 0.330 e. The number of halogens is 1. The zero-order valence-corrected chi connectivity index (χ0v) is 21.3. The predicted octanol–water partition coefficient (Wildman–Crippen LogP) is 6.12. The van der Waals surface area contributed by atoms with Crippen LogP contribution in [0.3, 0.4) is 0 Å². The molecule has 1 aromatic heterocycles. The van der Waals surface area contributed by atoms with Crippen molar-refractivity contribution in [1.29, 1.82) is 0 Å². The fraction of sp³-hybridized carbons (Fsp3) is 0.300. The molecule has 1 aliphatic rings. The average Bonchev–Trinajstić information content (AvgIpc) is 3.72. The standard InChI is InChI=1S/C30H31ClN4O/c1-20-8-10-23(11-9-20)30(36)35(17-5-16-32)29(22-12-13-22)28-27(18-21-6-3-2-4-7-21)33-25-15-14-24(31)19-26(25)34-28/h2-4,6-11,14-15,19,22,29H,5,12-13,16-18,32H2,1H3. The van der Waals surface area contributed by atoms with Crippen molar-refractivity contribution in [3.05, 3.63) is 106 Å². The number of aromatic nitrogens is 2. The lowest BCUT2D eigenvalue weighted by molar-refractivity contribution is 0.0644.